The van der Waals surface area contributed by atoms with Gasteiger partial charge in [-0.2, -0.15) is 0 Å². The summed E-state index contributed by atoms with van der Waals surface area (Å²) < 4.78 is 0. The number of fused-ring (bicyclic) bond motifs is 2. The standard InChI is InChI=1S/C20H29N3O/c24-20(19-14-16-1-2-17(19)13-16)22-18-6-11-23(12-7-18)10-5-15-3-8-21-9-4-15/h3-4,8-9,16-19H,1-2,5-7,10-14H2,(H,22,24)/t16-,17-,19-/m0/s1. The van der Waals surface area contributed by atoms with Gasteiger partial charge in [0.1, 0.15) is 0 Å². The van der Waals surface area contributed by atoms with Crippen LogP contribution in [0.5, 0.6) is 0 Å². The minimum absolute atomic E-state index is 0.327. The normalized spacial score (nSPS) is 30.6. The van der Waals surface area contributed by atoms with E-state index in [0.29, 0.717) is 23.8 Å². The number of piperidine rings is 1. The van der Waals surface area contributed by atoms with Gasteiger partial charge in [0.05, 0.1) is 0 Å². The molecule has 1 saturated heterocycles. The topological polar surface area (TPSA) is 45.2 Å². The smallest absolute Gasteiger partial charge is 0.223 e. The van der Waals surface area contributed by atoms with Crippen LogP contribution >= 0.6 is 0 Å². The molecule has 24 heavy (non-hydrogen) atoms. The first kappa shape index (κ1) is 16.1. The third kappa shape index (κ3) is 3.64. The van der Waals surface area contributed by atoms with Gasteiger partial charge in [-0.25, -0.2) is 0 Å². The number of aromatic nitrogens is 1. The summed E-state index contributed by atoms with van der Waals surface area (Å²) in [5.41, 5.74) is 1.36. The first-order valence-electron chi connectivity index (χ1n) is 9.69. The van der Waals surface area contributed by atoms with Crippen molar-refractivity contribution < 1.29 is 4.79 Å². The quantitative estimate of drug-likeness (QED) is 0.904. The maximum atomic E-state index is 12.6. The predicted octanol–water partition coefficient (Wildman–Crippen LogP) is 2.64. The van der Waals surface area contributed by atoms with Gasteiger partial charge in [-0.1, -0.05) is 6.42 Å². The van der Waals surface area contributed by atoms with Gasteiger partial charge in [-0.3, -0.25) is 9.78 Å². The maximum Gasteiger partial charge on any atom is 0.223 e. The number of rotatable bonds is 5. The van der Waals surface area contributed by atoms with Crippen LogP contribution in [0.1, 0.15) is 44.1 Å². The summed E-state index contributed by atoms with van der Waals surface area (Å²) in [5, 5.41) is 3.37. The molecule has 2 bridgehead atoms. The Morgan fingerprint density at radius 1 is 1.12 bits per heavy atom. The summed E-state index contributed by atoms with van der Waals surface area (Å²) >= 11 is 0. The van der Waals surface area contributed by atoms with Gasteiger partial charge in [-0.15, -0.1) is 0 Å². The molecule has 0 spiro atoms. The number of carbonyl (C=O) groups excluding carboxylic acids is 1. The number of carbonyl (C=O) groups is 1. The van der Waals surface area contributed by atoms with E-state index in [2.05, 4.69) is 27.3 Å². The lowest BCUT2D eigenvalue weighted by atomic mass is 9.87. The van der Waals surface area contributed by atoms with Crippen molar-refractivity contribution in [1.29, 1.82) is 0 Å². The third-order valence-corrected chi connectivity index (χ3v) is 6.47. The van der Waals surface area contributed by atoms with Crippen LogP contribution in [0.2, 0.25) is 0 Å². The molecule has 1 aromatic heterocycles. The molecule has 4 nitrogen and oxygen atoms in total. The molecule has 3 aliphatic rings. The Bertz CT molecular complexity index is 553. The van der Waals surface area contributed by atoms with E-state index < -0.39 is 0 Å². The molecular formula is C20H29N3O. The molecule has 2 aliphatic carbocycles. The highest BCUT2D eigenvalue weighted by Gasteiger charge is 2.43. The van der Waals surface area contributed by atoms with E-state index in [9.17, 15) is 4.79 Å². The van der Waals surface area contributed by atoms with Crippen LogP contribution in [0, 0.1) is 17.8 Å². The van der Waals surface area contributed by atoms with E-state index in [-0.39, 0.29) is 0 Å². The molecule has 130 valence electrons. The van der Waals surface area contributed by atoms with E-state index in [1.54, 1.807) is 0 Å². The Labute approximate surface area is 145 Å². The number of likely N-dealkylation sites (tertiary alicyclic amines) is 1. The molecule has 0 unspecified atom stereocenters. The lowest BCUT2D eigenvalue weighted by Crippen LogP contribution is -2.47. The molecule has 0 radical (unpaired) electrons. The fourth-order valence-corrected chi connectivity index (χ4v) is 5.01. The lowest BCUT2D eigenvalue weighted by Gasteiger charge is -2.33. The first-order valence-corrected chi connectivity index (χ1v) is 9.69. The molecule has 2 saturated carbocycles. The van der Waals surface area contributed by atoms with Crippen molar-refractivity contribution in [2.45, 2.75) is 51.0 Å². The van der Waals surface area contributed by atoms with E-state index in [1.807, 2.05) is 12.4 Å². The highest BCUT2D eigenvalue weighted by Crippen LogP contribution is 2.48. The Balaban J connectivity index is 1.18. The van der Waals surface area contributed by atoms with Gasteiger partial charge >= 0.3 is 0 Å². The molecule has 1 aliphatic heterocycles. The van der Waals surface area contributed by atoms with Crippen LogP contribution in [0.15, 0.2) is 24.5 Å². The van der Waals surface area contributed by atoms with Gasteiger partial charge in [0, 0.05) is 44.0 Å². The zero-order valence-corrected chi connectivity index (χ0v) is 14.5. The number of amides is 1. The van der Waals surface area contributed by atoms with Crippen LogP contribution in [0.25, 0.3) is 0 Å². The molecule has 1 aromatic rings. The Kier molecular flexibility index (Phi) is 4.83. The van der Waals surface area contributed by atoms with Crippen LogP contribution in [0.3, 0.4) is 0 Å². The molecule has 2 heterocycles. The van der Waals surface area contributed by atoms with E-state index in [4.69, 9.17) is 0 Å². The summed E-state index contributed by atoms with van der Waals surface area (Å²) in [6.45, 7) is 3.32. The van der Waals surface area contributed by atoms with Crippen molar-refractivity contribution in [1.82, 2.24) is 15.2 Å². The van der Waals surface area contributed by atoms with Crippen LogP contribution in [0.4, 0.5) is 0 Å². The summed E-state index contributed by atoms with van der Waals surface area (Å²) in [6.07, 6.45) is 12.1. The van der Waals surface area contributed by atoms with Crippen molar-refractivity contribution in [3.63, 3.8) is 0 Å². The van der Waals surface area contributed by atoms with Crippen molar-refractivity contribution >= 4 is 5.91 Å². The van der Waals surface area contributed by atoms with E-state index in [1.165, 1.54) is 24.8 Å². The Hall–Kier alpha value is -1.42. The average molecular weight is 327 g/mol. The highest BCUT2D eigenvalue weighted by atomic mass is 16.2. The van der Waals surface area contributed by atoms with Crippen molar-refractivity contribution in [3.05, 3.63) is 30.1 Å². The fraction of sp³-hybridized carbons (Fsp3) is 0.700. The van der Waals surface area contributed by atoms with Crippen molar-refractivity contribution in [2.24, 2.45) is 17.8 Å². The van der Waals surface area contributed by atoms with Crippen molar-refractivity contribution in [3.8, 4) is 0 Å². The van der Waals surface area contributed by atoms with Crippen LogP contribution in [-0.4, -0.2) is 41.5 Å². The monoisotopic (exact) mass is 327 g/mol. The molecule has 4 heteroatoms. The largest absolute Gasteiger partial charge is 0.353 e. The predicted molar refractivity (Wildman–Crippen MR) is 94.5 cm³/mol. The summed E-state index contributed by atoms with van der Waals surface area (Å²) in [5.74, 6) is 2.22. The molecule has 0 aromatic carbocycles. The van der Waals surface area contributed by atoms with Gasteiger partial charge < -0.3 is 10.2 Å². The number of pyridine rings is 1. The first-order chi connectivity index (χ1) is 11.8. The Morgan fingerprint density at radius 3 is 2.58 bits per heavy atom. The highest BCUT2D eigenvalue weighted by molar-refractivity contribution is 5.79. The summed E-state index contributed by atoms with van der Waals surface area (Å²) in [4.78, 5) is 19.2. The van der Waals surface area contributed by atoms with Gasteiger partial charge in [0.15, 0.2) is 0 Å². The molecule has 1 N–H and O–H groups in total. The molecule has 3 atom stereocenters. The van der Waals surface area contributed by atoms with Crippen LogP contribution < -0.4 is 5.32 Å². The van der Waals surface area contributed by atoms with Crippen LogP contribution in [-0.2, 0) is 11.2 Å². The number of nitrogens with zero attached hydrogens (tertiary/aromatic N) is 2. The lowest BCUT2D eigenvalue weighted by molar-refractivity contribution is -0.127. The second kappa shape index (κ2) is 7.22. The number of hydrogen-bond donors (Lipinski definition) is 1. The van der Waals surface area contributed by atoms with Gasteiger partial charge in [0.2, 0.25) is 5.91 Å². The average Bonchev–Trinajstić information content (AvgIpc) is 3.25. The summed E-state index contributed by atoms with van der Waals surface area (Å²) in [6, 6.07) is 4.60. The second-order valence-corrected chi connectivity index (χ2v) is 8.01. The third-order valence-electron chi connectivity index (χ3n) is 6.47. The van der Waals surface area contributed by atoms with E-state index >= 15 is 0 Å². The maximum absolute atomic E-state index is 12.6. The fourth-order valence-electron chi connectivity index (χ4n) is 5.01. The van der Waals surface area contributed by atoms with Crippen molar-refractivity contribution in [2.75, 3.05) is 19.6 Å². The Morgan fingerprint density at radius 2 is 1.92 bits per heavy atom. The SMILES string of the molecule is O=C(NC1CCN(CCc2ccncc2)CC1)[C@H]1C[C@H]2CC[C@H]1C2. The summed E-state index contributed by atoms with van der Waals surface area (Å²) in [7, 11) is 0. The number of hydrogen-bond acceptors (Lipinski definition) is 3. The van der Waals surface area contributed by atoms with E-state index in [0.717, 1.165) is 51.2 Å². The van der Waals surface area contributed by atoms with Gasteiger partial charge in [-0.05, 0) is 68.1 Å². The minimum atomic E-state index is 0.327. The minimum Gasteiger partial charge on any atom is -0.353 e. The molecule has 1 amide bonds. The molecule has 4 rings (SSSR count). The molecule has 3 fully saturated rings. The molecular weight excluding hydrogens is 298 g/mol. The van der Waals surface area contributed by atoms with Gasteiger partial charge in [0.25, 0.3) is 0 Å². The number of nitrogens with one attached hydrogen (secondary N) is 1. The zero-order chi connectivity index (χ0) is 16.4. The zero-order valence-electron chi connectivity index (χ0n) is 14.5. The second-order valence-electron chi connectivity index (χ2n) is 8.01.